The normalized spacial score (nSPS) is 11.3. The Morgan fingerprint density at radius 3 is 1.41 bits per heavy atom. The molecule has 0 aliphatic carbocycles. The van der Waals surface area contributed by atoms with Gasteiger partial charge < -0.3 is 26.4 Å². The molecule has 127 heavy (non-hydrogen) atoms. The Labute approximate surface area is 740 Å². The molecule has 0 N–H and O–H groups in total. The van der Waals surface area contributed by atoms with Crippen molar-refractivity contribution in [2.24, 2.45) is 42.3 Å². The molecule has 0 radical (unpaired) electrons. The second-order valence-corrected chi connectivity index (χ2v) is 33.6. The van der Waals surface area contributed by atoms with E-state index in [0.717, 1.165) is 0 Å². The lowest BCUT2D eigenvalue weighted by Crippen LogP contribution is -2.31. The summed E-state index contributed by atoms with van der Waals surface area (Å²) in [4.78, 5) is 0. The summed E-state index contributed by atoms with van der Waals surface area (Å²) >= 11 is 0. The third-order valence-corrected chi connectivity index (χ3v) is 25.5. The Bertz CT molecular complexity index is 8020. The van der Waals surface area contributed by atoms with Crippen molar-refractivity contribution < 1.29 is 27.4 Å². The Balaban J connectivity index is 0.0000000993. The maximum Gasteiger partial charge on any atom is 0.237 e. The SMILES string of the molecule is Cc1c(-c2ccc3ccccc3[n+]2C)cc2ccccn12.Cc1c(-c2ccc3ccccc3[n+]2C)cn2ccccc12.Cc1cc2ccccn2c1-c1c2ccccc2cc[n+]1C.Cc1ccc2c(-c3ccn4cccc(C)c34)[n+](C)ccc2c1.Cc1cccc2ccc(-c3c4ccccc4cc[n+]3C)n12.Cc1cn2ccccc2c1-c1c2ccccc2cc[n+]1C. The molecule has 0 spiro atoms. The highest BCUT2D eigenvalue weighted by Crippen LogP contribution is 2.37. The molecule has 0 bridgehead atoms. The maximum absolute atomic E-state index is 2.32. The second kappa shape index (κ2) is 34.2. The molecule has 12 nitrogen and oxygen atoms in total. The summed E-state index contributed by atoms with van der Waals surface area (Å²) < 4.78 is 26.8. The van der Waals surface area contributed by atoms with Gasteiger partial charge in [-0.05, 0) is 238 Å². The van der Waals surface area contributed by atoms with Crippen LogP contribution in [-0.2, 0) is 42.3 Å². The highest BCUT2D eigenvalue weighted by atomic mass is 15.0. The van der Waals surface area contributed by atoms with Crippen molar-refractivity contribution >= 4 is 98.0 Å². The molecule has 0 aliphatic heterocycles. The first-order chi connectivity index (χ1) is 61.9. The molecule has 6 aromatic carbocycles. The van der Waals surface area contributed by atoms with Crippen LogP contribution in [0.4, 0.5) is 0 Å². The number of benzene rings is 6. The highest BCUT2D eigenvalue weighted by Gasteiger charge is 2.27. The molecule has 618 valence electrons. The molecule has 0 aliphatic rings. The molecular formula is C115H104N12+6. The van der Waals surface area contributed by atoms with Crippen LogP contribution >= 0.6 is 0 Å². The van der Waals surface area contributed by atoms with Gasteiger partial charge >= 0.3 is 0 Å². The lowest BCUT2D eigenvalue weighted by Gasteiger charge is -2.08. The fourth-order valence-corrected chi connectivity index (χ4v) is 19.1. The van der Waals surface area contributed by atoms with E-state index in [4.69, 9.17) is 0 Å². The van der Waals surface area contributed by atoms with Gasteiger partial charge in [-0.15, -0.1) is 0 Å². The zero-order valence-electron chi connectivity index (χ0n) is 74.4. The summed E-state index contributed by atoms with van der Waals surface area (Å²) in [6, 6.07) is 114. The minimum absolute atomic E-state index is 1.23. The molecule has 12 heteroatoms. The summed E-state index contributed by atoms with van der Waals surface area (Å²) in [5.74, 6) is 0. The van der Waals surface area contributed by atoms with Crippen LogP contribution in [0.15, 0.2) is 396 Å². The van der Waals surface area contributed by atoms with Gasteiger partial charge in [0, 0.05) is 142 Å². The van der Waals surface area contributed by atoms with Crippen molar-refractivity contribution in [3.63, 3.8) is 0 Å². The topological polar surface area (TPSA) is 49.7 Å². The van der Waals surface area contributed by atoms with E-state index < -0.39 is 0 Å². The number of aromatic nitrogens is 12. The summed E-state index contributed by atoms with van der Waals surface area (Å²) in [5, 5.41) is 12.8. The number of hydrogen-bond donors (Lipinski definition) is 0. The van der Waals surface area contributed by atoms with E-state index in [-0.39, 0.29) is 0 Å². The second-order valence-electron chi connectivity index (χ2n) is 33.6. The van der Waals surface area contributed by atoms with Gasteiger partial charge in [0.1, 0.15) is 53.7 Å². The molecule has 18 aromatic heterocycles. The third-order valence-electron chi connectivity index (χ3n) is 25.5. The highest BCUT2D eigenvalue weighted by molar-refractivity contribution is 6.00. The van der Waals surface area contributed by atoms with Crippen molar-refractivity contribution in [2.45, 2.75) is 48.5 Å². The Morgan fingerprint density at radius 2 is 0.772 bits per heavy atom. The van der Waals surface area contributed by atoms with Gasteiger partial charge in [-0.2, -0.15) is 18.3 Å². The minimum Gasteiger partial charge on any atom is -0.323 e. The monoisotopic (exact) mass is 1650 g/mol. The third kappa shape index (κ3) is 15.2. The number of nitrogens with zero attached hydrogens (tertiary/aromatic N) is 12. The van der Waals surface area contributed by atoms with Gasteiger partial charge in [-0.1, -0.05) is 133 Å². The molecule has 0 saturated heterocycles. The smallest absolute Gasteiger partial charge is 0.237 e. The molecule has 0 unspecified atom stereocenters. The van der Waals surface area contributed by atoms with E-state index in [1.807, 2.05) is 0 Å². The van der Waals surface area contributed by atoms with Crippen molar-refractivity contribution in [3.05, 3.63) is 435 Å². The van der Waals surface area contributed by atoms with Gasteiger partial charge in [0.05, 0.1) is 54.8 Å². The standard InChI is InChI=1S/C20H19N2.5C19H17N2/c1-14-6-7-17-16(13-14)8-11-21(3)20(17)18-9-12-22-10-4-5-15(2)19(18)22;1-14-6-5-8-16-10-11-18(21(14)16)19-17-9-4-3-7-15(17)12-13-20(19)2;1-14-16(13-21-12-6-5-8-17(14)21)19-11-10-15-7-3-4-9-18(15)20(19)2;1-14-17(13-16-8-5-6-12-21(14)16)19-11-10-15-7-3-4-9-18(15)20(19)2;1-14-13-16-8-5-6-11-21(16)18(14)19-17-9-4-3-7-15(17)10-12-20(19)2;1-14-13-21-11-6-5-9-17(21)18(14)19-16-8-4-3-7-15(16)10-12-20(19)2/h4-13H,1-3H3;5*3-13H,1-2H3/q6*+1. The van der Waals surface area contributed by atoms with Crippen molar-refractivity contribution in [1.82, 2.24) is 26.4 Å². The molecule has 0 fully saturated rings. The van der Waals surface area contributed by atoms with Crippen LogP contribution in [0.1, 0.15) is 39.2 Å². The fraction of sp³-hybridized carbons (Fsp3) is 0.113. The molecule has 24 aromatic rings. The minimum atomic E-state index is 1.23. The number of fused-ring (bicyclic) bond motifs is 12. The Morgan fingerprint density at radius 1 is 0.276 bits per heavy atom. The number of hydrogen-bond acceptors (Lipinski definition) is 0. The van der Waals surface area contributed by atoms with Gasteiger partial charge in [0.2, 0.25) is 45.2 Å². The first-order valence-electron chi connectivity index (χ1n) is 43.6. The van der Waals surface area contributed by atoms with E-state index in [0.29, 0.717) is 0 Å². The van der Waals surface area contributed by atoms with Gasteiger partial charge in [0.15, 0.2) is 24.8 Å². The summed E-state index contributed by atoms with van der Waals surface area (Å²) in [7, 11) is 12.7. The van der Waals surface area contributed by atoms with E-state index in [2.05, 4.69) is 540 Å². The van der Waals surface area contributed by atoms with Crippen LogP contribution in [0.3, 0.4) is 0 Å². The van der Waals surface area contributed by atoms with Gasteiger partial charge in [-0.25, -0.2) is 9.13 Å². The molecule has 18 heterocycles. The van der Waals surface area contributed by atoms with Crippen LogP contribution in [0.25, 0.3) is 166 Å². The van der Waals surface area contributed by atoms with Crippen molar-refractivity contribution in [2.75, 3.05) is 0 Å². The predicted molar refractivity (Wildman–Crippen MR) is 522 cm³/mol. The van der Waals surface area contributed by atoms with E-state index in [1.165, 1.54) is 205 Å². The van der Waals surface area contributed by atoms with E-state index in [9.17, 15) is 0 Å². The molecule has 0 amide bonds. The lowest BCUT2D eigenvalue weighted by molar-refractivity contribution is -0.659. The van der Waals surface area contributed by atoms with Crippen LogP contribution in [0.2, 0.25) is 0 Å². The lowest BCUT2D eigenvalue weighted by atomic mass is 10.0. The Hall–Kier alpha value is -15.7. The van der Waals surface area contributed by atoms with E-state index in [1.54, 1.807) is 0 Å². The Kier molecular flexibility index (Phi) is 21.8. The summed E-state index contributed by atoms with van der Waals surface area (Å²) in [6.07, 6.45) is 25.7. The largest absolute Gasteiger partial charge is 0.323 e. The average Bonchev–Trinajstić information content (AvgIpc) is 1.72. The van der Waals surface area contributed by atoms with Gasteiger partial charge in [0.25, 0.3) is 0 Å². The van der Waals surface area contributed by atoms with Crippen LogP contribution in [0, 0.1) is 48.5 Å². The first kappa shape index (κ1) is 81.0. The maximum atomic E-state index is 2.32. The van der Waals surface area contributed by atoms with Crippen LogP contribution in [0.5, 0.6) is 0 Å². The van der Waals surface area contributed by atoms with Crippen molar-refractivity contribution in [3.8, 4) is 67.8 Å². The predicted octanol–water partition coefficient (Wildman–Crippen LogP) is 23.7. The molecule has 0 atom stereocenters. The van der Waals surface area contributed by atoms with Gasteiger partial charge in [-0.3, -0.25) is 0 Å². The molecule has 0 saturated carbocycles. The number of rotatable bonds is 6. The van der Waals surface area contributed by atoms with Crippen LogP contribution < -0.4 is 27.4 Å². The number of aryl methyl sites for hydroxylation is 13. The first-order valence-corrected chi connectivity index (χ1v) is 43.6. The summed E-state index contributed by atoms with van der Waals surface area (Å²) in [5.41, 5.74) is 34.3. The fourth-order valence-electron chi connectivity index (χ4n) is 19.1. The zero-order chi connectivity index (χ0) is 87.3. The molecular weight excluding hydrogens is 1550 g/mol. The number of pyridine rings is 12. The molecule has 24 rings (SSSR count). The summed E-state index contributed by atoms with van der Waals surface area (Å²) in [6.45, 7) is 15.2. The van der Waals surface area contributed by atoms with Crippen LogP contribution in [-0.4, -0.2) is 26.4 Å². The average molecular weight is 1650 g/mol. The van der Waals surface area contributed by atoms with Crippen molar-refractivity contribution in [1.29, 1.82) is 0 Å². The zero-order valence-corrected chi connectivity index (χ0v) is 74.4. The quantitative estimate of drug-likeness (QED) is 0.149. The number of para-hydroxylation sites is 2. The van der Waals surface area contributed by atoms with E-state index >= 15 is 0 Å².